The zero-order chi connectivity index (χ0) is 71.3. The zero-order valence-electron chi connectivity index (χ0n) is 64.1. The maximum Gasteiger partial charge on any atom is 0.178 e. The Bertz CT molecular complexity index is 3040. The van der Waals surface area contributed by atoms with Gasteiger partial charge in [0.05, 0.1) is 106 Å². The van der Waals surface area contributed by atoms with Crippen molar-refractivity contribution in [3.63, 3.8) is 0 Å². The standard InChI is InChI=1S/C34H53O4S.C33H52O5S.C16H28O2.U/c1-9-23(2)19-33-29(8)31(22-39(35,36)30-16-11-10-12-17-30)34(38-33)21-25(4)28(7)24(3)15-13-14-18-32-26(5)20-27(6)37-32;1-8-33-20-25(6)36-32(33)17-15-27(38-33)19-24(5)23(4)14-16-30-29(26(7)31(37-30)18-22(2)3)21-39(34,35)28-12-10-9-11-13-28;1-6-16-10-13(5)17-15(16)8-7-14(18-16)9-12(4)11(2)3;/h10-13,16-17,23-25,27,29,31-34H,5,7,9,14-15,18-22H2,1-4,6,8H3;9-13,22,24-27,29-32H,4,8,14-21H2,1-3,5-7H3;12-15H,2,6-10H2,1,3-5H3;/q-1;;;/t23?,24-,25?,27+,29-,31-,32?,33-,34?;24-,25+,26-,27?,29-,30?,31-,32+,33+;12-,13+,14?,15+,16+;/m111./s1/i;14T;;/t;14?,24-,25+,26-,27?,29-,30?,31-,32+,33+;;. The van der Waals surface area contributed by atoms with Gasteiger partial charge in [0.25, 0.3) is 0 Å². The summed E-state index contributed by atoms with van der Waals surface area (Å²) in [5.41, 5.74) is 4.43. The van der Waals surface area contributed by atoms with Crippen molar-refractivity contribution >= 4 is 19.7 Å². The van der Waals surface area contributed by atoms with Crippen LogP contribution in [0, 0.1) is 96.7 Å². The average molecular weight is 1610 g/mol. The summed E-state index contributed by atoms with van der Waals surface area (Å²) < 4.78 is 107. The van der Waals surface area contributed by atoms with Gasteiger partial charge in [-0.3, -0.25) is 0 Å². The molecule has 7 heterocycles. The normalized spacial score (nSPS) is 34.5. The van der Waals surface area contributed by atoms with E-state index >= 15 is 0 Å². The third-order valence-corrected chi connectivity index (χ3v) is 27.3. The van der Waals surface area contributed by atoms with Gasteiger partial charge in [0.15, 0.2) is 19.7 Å². The first-order valence-electron chi connectivity index (χ1n) is 38.4. The number of hydrogen-bond donors (Lipinski definition) is 0. The van der Waals surface area contributed by atoms with E-state index in [1.165, 1.54) is 16.7 Å². The van der Waals surface area contributed by atoms with Crippen molar-refractivity contribution in [3.05, 3.63) is 116 Å². The fourth-order valence-corrected chi connectivity index (χ4v) is 20.5. The van der Waals surface area contributed by atoms with Crippen LogP contribution < -0.4 is 0 Å². The Labute approximate surface area is 617 Å². The summed E-state index contributed by atoms with van der Waals surface area (Å²) in [6.07, 6.45) is 22.2. The number of sulfone groups is 2. The molecular formula is C83H133O11S2U-. The van der Waals surface area contributed by atoms with Crippen LogP contribution in [-0.2, 0) is 52.8 Å². The van der Waals surface area contributed by atoms with Crippen molar-refractivity contribution < 1.29 is 82.5 Å². The third kappa shape index (κ3) is 23.0. The number of unbranched alkanes of at least 4 members (excludes halogenated alkanes) is 1. The van der Waals surface area contributed by atoms with Crippen LogP contribution >= 0.6 is 0 Å². The SMILES string of the molecule is C=C(C)[C@H](C)CC1CC[C@@H]2O[C@@H](C)C[C@]2(CC)O1.C=C1C[C@H](C)OC1CC[CH-]C[C@@H](C)C(=C)C(C)CC1O[C@H](CC(C)CC)[C@H](C)[C@H]1CS(=O)(=O)c1ccccc1.[3H]C(CC1O[C@H](CC(C)C)[C@H](C)[C@H]1CS(=O)(=O)c1ccccc1)C(=C)[C@H](C)CC1CC[C@@H]2O[C@@H](C)C[C@]2(CC)O1.[U]. The van der Waals surface area contributed by atoms with Gasteiger partial charge in [-0.1, -0.05) is 175 Å². The molecule has 11 nitrogen and oxygen atoms in total. The predicted molar refractivity (Wildman–Crippen MR) is 394 cm³/mol. The number of benzene rings is 2. The van der Waals surface area contributed by atoms with Gasteiger partial charge in [0, 0.05) is 57.2 Å². The molecule has 0 aliphatic carbocycles. The van der Waals surface area contributed by atoms with Gasteiger partial charge >= 0.3 is 0 Å². The maximum atomic E-state index is 13.4. The molecule has 7 fully saturated rings. The molecule has 7 aliphatic rings. The van der Waals surface area contributed by atoms with E-state index in [1.807, 2.05) is 12.1 Å². The van der Waals surface area contributed by atoms with Gasteiger partial charge in [-0.25, -0.2) is 16.8 Å². The summed E-state index contributed by atoms with van der Waals surface area (Å²) in [4.78, 5) is 0.763. The summed E-state index contributed by atoms with van der Waals surface area (Å²) in [6.45, 7) is 52.1. The van der Waals surface area contributed by atoms with E-state index < -0.39 is 26.1 Å². The van der Waals surface area contributed by atoms with E-state index in [4.69, 9.17) is 34.5 Å². The molecule has 548 valence electrons. The average Bonchev–Trinajstić information content (AvgIpc) is 1.65. The Morgan fingerprint density at radius 1 is 0.588 bits per heavy atom. The number of allylic oxidation sites excluding steroid dienone is 3. The molecule has 14 heteroatoms. The molecule has 0 N–H and O–H groups in total. The Morgan fingerprint density at radius 3 is 1.54 bits per heavy atom. The summed E-state index contributed by atoms with van der Waals surface area (Å²) >= 11 is 0. The molecule has 2 aromatic carbocycles. The van der Waals surface area contributed by atoms with E-state index in [9.17, 15) is 16.8 Å². The molecule has 97 heavy (non-hydrogen) atoms. The Hall–Kier alpha value is -1.93. The summed E-state index contributed by atoms with van der Waals surface area (Å²) in [6, 6.07) is 17.6. The molecule has 7 saturated heterocycles. The smallest absolute Gasteiger partial charge is 0.178 e. The molecule has 0 spiro atoms. The first kappa shape index (κ1) is 82.4. The van der Waals surface area contributed by atoms with Crippen LogP contribution in [0.2, 0.25) is 0 Å². The van der Waals surface area contributed by atoms with Crippen LogP contribution in [0.15, 0.2) is 119 Å². The fraction of sp³-hybridized carbons (Fsp3) is 0.747. The summed E-state index contributed by atoms with van der Waals surface area (Å²) in [7, 11) is -6.86. The minimum absolute atomic E-state index is 0. The number of ether oxygens (including phenoxy) is 7. The Morgan fingerprint density at radius 2 is 1.07 bits per heavy atom. The van der Waals surface area contributed by atoms with Crippen LogP contribution in [0.4, 0.5) is 0 Å². The first-order valence-corrected chi connectivity index (χ1v) is 41.2. The van der Waals surface area contributed by atoms with E-state index in [-0.39, 0.29) is 138 Å². The van der Waals surface area contributed by atoms with Gasteiger partial charge in [-0.05, 0) is 195 Å². The largest absolute Gasteiger partial charge is 0.374 e. The predicted octanol–water partition coefficient (Wildman–Crippen LogP) is 19.7. The fourth-order valence-electron chi connectivity index (χ4n) is 17.0. The minimum Gasteiger partial charge on any atom is -0.374 e. The van der Waals surface area contributed by atoms with Crippen molar-refractivity contribution in [1.82, 2.24) is 0 Å². The summed E-state index contributed by atoms with van der Waals surface area (Å²) in [5.74, 6) is 2.63. The maximum absolute atomic E-state index is 13.4. The van der Waals surface area contributed by atoms with Crippen LogP contribution in [0.25, 0.3) is 0 Å². The van der Waals surface area contributed by atoms with E-state index in [1.54, 1.807) is 48.5 Å². The molecule has 0 bridgehead atoms. The van der Waals surface area contributed by atoms with E-state index in [0.29, 0.717) is 64.3 Å². The second-order valence-electron chi connectivity index (χ2n) is 31.9. The second-order valence-corrected chi connectivity index (χ2v) is 36.0. The summed E-state index contributed by atoms with van der Waals surface area (Å²) in [5, 5.41) is 0. The van der Waals surface area contributed by atoms with Gasteiger partial charge in [-0.15, -0.1) is 0 Å². The van der Waals surface area contributed by atoms with Gasteiger partial charge in [0.2, 0.25) is 0 Å². The van der Waals surface area contributed by atoms with Crippen LogP contribution in [0.3, 0.4) is 0 Å². The van der Waals surface area contributed by atoms with Crippen molar-refractivity contribution in [3.8, 4) is 0 Å². The second kappa shape index (κ2) is 38.2. The minimum atomic E-state index is -3.46. The molecule has 0 aromatic heterocycles. The molecule has 8 unspecified atom stereocenters. The van der Waals surface area contributed by atoms with Crippen LogP contribution in [0.5, 0.6) is 0 Å². The molecule has 7 aliphatic heterocycles. The molecule has 2 aromatic rings. The zero-order valence-corrected chi connectivity index (χ0v) is 68.9. The number of hydrogen-bond acceptors (Lipinski definition) is 11. The van der Waals surface area contributed by atoms with Gasteiger partial charge in [0.1, 0.15) is 0 Å². The molecule has 0 amide bonds. The van der Waals surface area contributed by atoms with Crippen molar-refractivity contribution in [2.75, 3.05) is 11.5 Å². The Balaban J connectivity index is 0.000000246. The number of fused-ring (bicyclic) bond motifs is 2. The van der Waals surface area contributed by atoms with Crippen molar-refractivity contribution in [2.24, 2.45) is 59.2 Å². The molecular weight excluding hydrogens is 1480 g/mol. The van der Waals surface area contributed by atoms with Crippen molar-refractivity contribution in [1.29, 1.82) is 0 Å². The monoisotopic (exact) mass is 1610 g/mol. The topological polar surface area (TPSA) is 133 Å². The van der Waals surface area contributed by atoms with E-state index in [0.717, 1.165) is 121 Å². The van der Waals surface area contributed by atoms with Gasteiger partial charge in [-0.2, -0.15) is 12.8 Å². The van der Waals surface area contributed by atoms with E-state index in [2.05, 4.69) is 144 Å². The van der Waals surface area contributed by atoms with Crippen LogP contribution in [-0.4, -0.2) is 113 Å². The molecule has 24 atom stereocenters. The molecule has 0 saturated carbocycles. The number of rotatable bonds is 31. The quantitative estimate of drug-likeness (QED) is 0.0406. The molecule has 9 rings (SSSR count). The third-order valence-electron chi connectivity index (χ3n) is 23.7. The van der Waals surface area contributed by atoms with Gasteiger partial charge < -0.3 is 39.6 Å². The Kier molecular flexibility index (Phi) is 32.4. The van der Waals surface area contributed by atoms with Crippen LogP contribution in [0.1, 0.15) is 241 Å². The first-order chi connectivity index (χ1) is 45.7. The van der Waals surface area contributed by atoms with Crippen molar-refractivity contribution in [2.45, 2.75) is 333 Å². The molecule has 0 radical (unpaired) electrons.